The van der Waals surface area contributed by atoms with Gasteiger partial charge in [0.1, 0.15) is 0 Å². The maximum Gasteiger partial charge on any atom is 0.303 e. The lowest BCUT2D eigenvalue weighted by Gasteiger charge is -2.56. The van der Waals surface area contributed by atoms with E-state index in [-0.39, 0.29) is 60.2 Å². The predicted molar refractivity (Wildman–Crippen MR) is 217 cm³/mol. The number of aryl methyl sites for hydroxylation is 2. The molecule has 0 bridgehead atoms. The van der Waals surface area contributed by atoms with Gasteiger partial charge in [-0.05, 0) is 133 Å². The lowest BCUT2D eigenvalue weighted by molar-refractivity contribution is -0.150. The fourth-order valence-electron chi connectivity index (χ4n) is 11.3. The summed E-state index contributed by atoms with van der Waals surface area (Å²) in [5.74, 6) is -2.92. The van der Waals surface area contributed by atoms with Gasteiger partial charge in [-0.1, -0.05) is 52.7 Å². The third-order valence-electron chi connectivity index (χ3n) is 14.6. The molecule has 0 aromatic heterocycles. The normalized spacial score (nSPS) is 29.9. The van der Waals surface area contributed by atoms with Crippen LogP contribution in [0.3, 0.4) is 0 Å². The lowest BCUT2D eigenvalue weighted by atomic mass is 9.49. The van der Waals surface area contributed by atoms with Crippen molar-refractivity contribution in [3.8, 4) is 0 Å². The van der Waals surface area contributed by atoms with Crippen LogP contribution in [0.1, 0.15) is 127 Å². The molecule has 0 aliphatic heterocycles. The first-order valence-corrected chi connectivity index (χ1v) is 20.6. The number of carbonyl (C=O) groups is 6. The molecule has 0 unspecified atom stereocenters. The second-order valence-corrected chi connectivity index (χ2v) is 18.2. The van der Waals surface area contributed by atoms with Crippen LogP contribution in [0.5, 0.6) is 0 Å². The topological polar surface area (TPSA) is 237 Å². The molecule has 4 aliphatic rings. The fourth-order valence-corrected chi connectivity index (χ4v) is 11.3. The van der Waals surface area contributed by atoms with E-state index in [1.54, 1.807) is 0 Å². The lowest BCUT2D eigenvalue weighted by Crippen LogP contribution is -2.60. The van der Waals surface area contributed by atoms with Crippen LogP contribution in [0, 0.1) is 22.7 Å². The number of imide groups is 1. The Kier molecular flexibility index (Phi) is 11.8. The smallest absolute Gasteiger partial charge is 0.303 e. The van der Waals surface area contributed by atoms with Crippen molar-refractivity contribution in [2.45, 2.75) is 141 Å². The monoisotopic (exact) mass is 784 g/mol. The van der Waals surface area contributed by atoms with Crippen LogP contribution in [-0.4, -0.2) is 52.7 Å². The van der Waals surface area contributed by atoms with Crippen LogP contribution < -0.4 is 33.2 Å². The van der Waals surface area contributed by atoms with Crippen molar-refractivity contribution in [3.63, 3.8) is 0 Å². The standard InChI is InChI=1S/C44H60N6O7/c1-41-19-5-21-43(3,33(41)15-9-25-7-11-27(23-29(25)41)48-37(54)31(45)13-17-35(47)51)39(56)50-40(57)44(4)22-6-20-42(2)30-24-28(12-8-26(30)10-16-34(42)44)49-38(55)32(46)14-18-36(52)53/h7-8,11-12,23-24,31-34H,5-6,9-10,13-22,45-46H2,1-4H3,(H2,47,51)(H,48,54)(H,49,55)(H,52,53)(H,50,56,57)/t31-,32-,33+,34+,41+,42+,43-,44-/m0/s1. The first-order valence-electron chi connectivity index (χ1n) is 20.6. The van der Waals surface area contributed by atoms with Crippen LogP contribution in [-0.2, 0) is 52.4 Å². The van der Waals surface area contributed by atoms with Crippen molar-refractivity contribution in [1.29, 1.82) is 0 Å². The number of benzene rings is 2. The minimum Gasteiger partial charge on any atom is -0.481 e. The number of nitrogens with two attached hydrogens (primary N) is 3. The molecule has 0 radical (unpaired) electrons. The number of aliphatic carboxylic acids is 1. The molecule has 13 heteroatoms. The van der Waals surface area contributed by atoms with Crippen LogP contribution in [0.4, 0.5) is 11.4 Å². The highest BCUT2D eigenvalue weighted by molar-refractivity contribution is 6.01. The van der Waals surface area contributed by atoms with E-state index in [4.69, 9.17) is 22.3 Å². The SMILES string of the molecule is C[C@]1(C(=O)NC(=O)[C@@]2(C)CCC[C@]3(C)c4cc(NC(=O)[C@@H](N)CCC(=O)O)ccc4CC[C@@H]23)CCC[C@]2(C)c3cc(NC(=O)[C@@H](N)CCC(N)=O)ccc3CC[C@@H]12. The number of primary amides is 1. The number of nitrogens with one attached hydrogen (secondary N) is 3. The van der Waals surface area contributed by atoms with Gasteiger partial charge in [-0.3, -0.25) is 34.1 Å². The quantitative estimate of drug-likeness (QED) is 0.147. The van der Waals surface area contributed by atoms with Gasteiger partial charge < -0.3 is 32.9 Å². The largest absolute Gasteiger partial charge is 0.481 e. The molecule has 0 heterocycles. The second kappa shape index (κ2) is 16.0. The van der Waals surface area contributed by atoms with Crippen LogP contribution in [0.15, 0.2) is 36.4 Å². The molecule has 0 spiro atoms. The maximum absolute atomic E-state index is 14.6. The molecular formula is C44H60N6O7. The molecule has 8 atom stereocenters. The van der Waals surface area contributed by atoms with Crippen LogP contribution in [0.2, 0.25) is 0 Å². The zero-order valence-electron chi connectivity index (χ0n) is 33.8. The van der Waals surface area contributed by atoms with Gasteiger partial charge in [0.25, 0.3) is 0 Å². The first-order chi connectivity index (χ1) is 26.8. The highest BCUT2D eigenvalue weighted by Crippen LogP contribution is 2.59. The van der Waals surface area contributed by atoms with Crippen molar-refractivity contribution in [2.24, 2.45) is 39.9 Å². The molecule has 2 fully saturated rings. The molecule has 13 nitrogen and oxygen atoms in total. The molecular weight excluding hydrogens is 725 g/mol. The zero-order valence-corrected chi connectivity index (χ0v) is 33.8. The van der Waals surface area contributed by atoms with E-state index in [0.29, 0.717) is 24.2 Å². The number of carbonyl (C=O) groups excluding carboxylic acids is 5. The number of rotatable bonds is 12. The van der Waals surface area contributed by atoms with Crippen molar-refractivity contribution in [2.75, 3.05) is 10.6 Å². The fraction of sp³-hybridized carbons (Fsp3) is 0.591. The predicted octanol–water partition coefficient (Wildman–Crippen LogP) is 4.71. The average Bonchev–Trinajstić information content (AvgIpc) is 3.16. The number of amides is 5. The number of fused-ring (bicyclic) bond motifs is 6. The Morgan fingerprint density at radius 3 is 1.51 bits per heavy atom. The molecule has 5 amide bonds. The Morgan fingerprint density at radius 1 is 0.684 bits per heavy atom. The van der Waals surface area contributed by atoms with Gasteiger partial charge in [-0.2, -0.15) is 0 Å². The Bertz CT molecular complexity index is 1830. The van der Waals surface area contributed by atoms with E-state index in [1.807, 2.05) is 50.2 Å². The highest BCUT2D eigenvalue weighted by atomic mass is 16.4. The van der Waals surface area contributed by atoms with E-state index >= 15 is 0 Å². The number of carboxylic acid groups (broad SMARTS) is 1. The summed E-state index contributed by atoms with van der Waals surface area (Å²) < 4.78 is 0. The number of carboxylic acids is 1. The van der Waals surface area contributed by atoms with E-state index in [0.717, 1.165) is 62.5 Å². The van der Waals surface area contributed by atoms with Gasteiger partial charge in [0.05, 0.1) is 22.9 Å². The summed E-state index contributed by atoms with van der Waals surface area (Å²) in [5.41, 5.74) is 20.6. The Balaban J connectivity index is 1.19. The van der Waals surface area contributed by atoms with E-state index in [1.165, 1.54) is 11.1 Å². The molecule has 4 aliphatic carbocycles. The Hall–Kier alpha value is -4.62. The van der Waals surface area contributed by atoms with Crippen LogP contribution in [0.25, 0.3) is 0 Å². The van der Waals surface area contributed by atoms with Gasteiger partial charge in [0.2, 0.25) is 29.5 Å². The van der Waals surface area contributed by atoms with E-state index < -0.39 is 46.6 Å². The third kappa shape index (κ3) is 7.97. The van der Waals surface area contributed by atoms with Gasteiger partial charge in [-0.25, -0.2) is 0 Å². The number of hydrogen-bond acceptors (Lipinski definition) is 8. The summed E-state index contributed by atoms with van der Waals surface area (Å²) in [4.78, 5) is 77.2. The summed E-state index contributed by atoms with van der Waals surface area (Å²) in [6.07, 6.45) is 7.76. The van der Waals surface area contributed by atoms with Crippen molar-refractivity contribution >= 4 is 46.9 Å². The van der Waals surface area contributed by atoms with Crippen molar-refractivity contribution in [3.05, 3.63) is 58.7 Å². The summed E-state index contributed by atoms with van der Waals surface area (Å²) in [7, 11) is 0. The molecule has 308 valence electrons. The van der Waals surface area contributed by atoms with Gasteiger partial charge in [0.15, 0.2) is 0 Å². The van der Waals surface area contributed by atoms with E-state index in [2.05, 4.69) is 29.8 Å². The average molecular weight is 785 g/mol. The maximum atomic E-state index is 14.6. The number of anilines is 2. The van der Waals surface area contributed by atoms with Crippen LogP contribution >= 0.6 is 0 Å². The molecule has 0 saturated heterocycles. The minimum absolute atomic E-state index is 0.0202. The Morgan fingerprint density at radius 2 is 1.11 bits per heavy atom. The molecule has 57 heavy (non-hydrogen) atoms. The minimum atomic E-state index is -1.01. The van der Waals surface area contributed by atoms with E-state index in [9.17, 15) is 28.8 Å². The summed E-state index contributed by atoms with van der Waals surface area (Å²) in [6.45, 7) is 8.43. The van der Waals surface area contributed by atoms with Gasteiger partial charge in [0, 0.05) is 24.2 Å². The zero-order chi connectivity index (χ0) is 41.5. The first kappa shape index (κ1) is 42.0. The molecule has 2 aromatic rings. The van der Waals surface area contributed by atoms with Crippen molar-refractivity contribution < 1.29 is 33.9 Å². The third-order valence-corrected chi connectivity index (χ3v) is 14.6. The number of hydrogen-bond donors (Lipinski definition) is 7. The second-order valence-electron chi connectivity index (χ2n) is 18.2. The molecule has 10 N–H and O–H groups in total. The molecule has 6 rings (SSSR count). The highest BCUT2D eigenvalue weighted by Gasteiger charge is 2.58. The summed E-state index contributed by atoms with van der Waals surface area (Å²) in [5, 5.41) is 17.8. The molecule has 2 saturated carbocycles. The van der Waals surface area contributed by atoms with Gasteiger partial charge in [-0.15, -0.1) is 0 Å². The van der Waals surface area contributed by atoms with Gasteiger partial charge >= 0.3 is 5.97 Å². The summed E-state index contributed by atoms with van der Waals surface area (Å²) >= 11 is 0. The Labute approximate surface area is 335 Å². The van der Waals surface area contributed by atoms with Crippen molar-refractivity contribution in [1.82, 2.24) is 5.32 Å². The molecule has 2 aromatic carbocycles. The summed E-state index contributed by atoms with van der Waals surface area (Å²) in [6, 6.07) is 9.93.